The predicted octanol–water partition coefficient (Wildman–Crippen LogP) is 5.44. The number of benzene rings is 3. The number of amides is 1. The van der Waals surface area contributed by atoms with Gasteiger partial charge < -0.3 is 10.1 Å². The summed E-state index contributed by atoms with van der Waals surface area (Å²) < 4.78 is 5.85. The molecule has 0 radical (unpaired) electrons. The summed E-state index contributed by atoms with van der Waals surface area (Å²) in [4.78, 5) is 17.2. The Morgan fingerprint density at radius 2 is 1.81 bits per heavy atom. The quantitative estimate of drug-likeness (QED) is 0.506. The molecule has 1 heterocycles. The van der Waals surface area contributed by atoms with Gasteiger partial charge in [-0.05, 0) is 42.0 Å². The van der Waals surface area contributed by atoms with E-state index in [1.807, 2.05) is 66.9 Å². The standard InChI is InChI=1S/C22H18N2O2S/c1-15-23-19(14-27-15)13-26-21-9-5-4-8-20(21)22(25)24-18-11-10-16-6-2-3-7-17(16)12-18/h2-12,14H,13H2,1H3,(H,24,25). The third-order valence-corrected chi connectivity index (χ3v) is 5.00. The number of para-hydroxylation sites is 1. The number of anilines is 1. The minimum absolute atomic E-state index is 0.199. The summed E-state index contributed by atoms with van der Waals surface area (Å²) in [5.74, 6) is 0.344. The van der Waals surface area contributed by atoms with Crippen LogP contribution in [-0.4, -0.2) is 10.9 Å². The molecule has 4 rings (SSSR count). The van der Waals surface area contributed by atoms with Gasteiger partial charge in [-0.15, -0.1) is 11.3 Å². The number of aryl methyl sites for hydroxylation is 1. The van der Waals surface area contributed by atoms with Crippen molar-refractivity contribution in [2.45, 2.75) is 13.5 Å². The van der Waals surface area contributed by atoms with E-state index in [0.717, 1.165) is 27.2 Å². The van der Waals surface area contributed by atoms with Crippen molar-refractivity contribution in [3.8, 4) is 5.75 Å². The lowest BCUT2D eigenvalue weighted by molar-refractivity contribution is 0.102. The molecule has 0 aliphatic heterocycles. The van der Waals surface area contributed by atoms with E-state index in [1.54, 1.807) is 23.5 Å². The fraction of sp³-hybridized carbons (Fsp3) is 0.0909. The molecule has 1 amide bonds. The molecule has 3 aromatic carbocycles. The molecule has 27 heavy (non-hydrogen) atoms. The van der Waals surface area contributed by atoms with Crippen LogP contribution >= 0.6 is 11.3 Å². The SMILES string of the molecule is Cc1nc(COc2ccccc2C(=O)Nc2ccc3ccccc3c2)cs1. The lowest BCUT2D eigenvalue weighted by Gasteiger charge is -2.11. The molecule has 0 spiro atoms. The highest BCUT2D eigenvalue weighted by atomic mass is 32.1. The zero-order valence-corrected chi connectivity index (χ0v) is 15.6. The molecule has 134 valence electrons. The minimum atomic E-state index is -0.199. The Kier molecular flexibility index (Phi) is 4.85. The molecular formula is C22H18N2O2S. The van der Waals surface area contributed by atoms with Gasteiger partial charge in [0.05, 0.1) is 16.3 Å². The average molecular weight is 374 g/mol. The lowest BCUT2D eigenvalue weighted by atomic mass is 10.1. The van der Waals surface area contributed by atoms with Crippen LogP contribution in [0.15, 0.2) is 72.1 Å². The highest BCUT2D eigenvalue weighted by Crippen LogP contribution is 2.23. The molecule has 0 atom stereocenters. The van der Waals surface area contributed by atoms with Gasteiger partial charge in [-0.3, -0.25) is 4.79 Å². The van der Waals surface area contributed by atoms with E-state index in [4.69, 9.17) is 4.74 Å². The molecule has 0 bridgehead atoms. The smallest absolute Gasteiger partial charge is 0.259 e. The number of thiazole rings is 1. The van der Waals surface area contributed by atoms with Gasteiger partial charge in [0.1, 0.15) is 12.4 Å². The predicted molar refractivity (Wildman–Crippen MR) is 110 cm³/mol. The number of nitrogens with one attached hydrogen (secondary N) is 1. The third-order valence-electron chi connectivity index (χ3n) is 4.18. The first-order chi connectivity index (χ1) is 13.2. The number of nitrogens with zero attached hydrogens (tertiary/aromatic N) is 1. The maximum absolute atomic E-state index is 12.8. The van der Waals surface area contributed by atoms with Crippen molar-refractivity contribution in [1.29, 1.82) is 0 Å². The summed E-state index contributed by atoms with van der Waals surface area (Å²) in [5, 5.41) is 8.14. The molecule has 4 nitrogen and oxygen atoms in total. The monoisotopic (exact) mass is 374 g/mol. The number of rotatable bonds is 5. The van der Waals surface area contributed by atoms with Crippen LogP contribution in [0, 0.1) is 6.92 Å². The van der Waals surface area contributed by atoms with E-state index < -0.39 is 0 Å². The van der Waals surface area contributed by atoms with Crippen LogP contribution in [0.1, 0.15) is 21.1 Å². The van der Waals surface area contributed by atoms with Crippen molar-refractivity contribution in [2.75, 3.05) is 5.32 Å². The fourth-order valence-electron chi connectivity index (χ4n) is 2.87. The van der Waals surface area contributed by atoms with Crippen LogP contribution in [0.25, 0.3) is 10.8 Å². The molecule has 0 saturated carbocycles. The Bertz CT molecular complexity index is 1100. The van der Waals surface area contributed by atoms with E-state index in [9.17, 15) is 4.79 Å². The number of carbonyl (C=O) groups excluding carboxylic acids is 1. The minimum Gasteiger partial charge on any atom is -0.486 e. The third kappa shape index (κ3) is 3.99. The van der Waals surface area contributed by atoms with Crippen molar-refractivity contribution < 1.29 is 9.53 Å². The van der Waals surface area contributed by atoms with Gasteiger partial charge in [0.15, 0.2) is 0 Å². The molecule has 0 aliphatic carbocycles. The molecule has 0 saturated heterocycles. The van der Waals surface area contributed by atoms with Crippen LogP contribution < -0.4 is 10.1 Å². The van der Waals surface area contributed by atoms with E-state index in [0.29, 0.717) is 17.9 Å². The second-order valence-electron chi connectivity index (χ2n) is 6.16. The van der Waals surface area contributed by atoms with Crippen molar-refractivity contribution in [1.82, 2.24) is 4.98 Å². The van der Waals surface area contributed by atoms with Crippen LogP contribution in [0.4, 0.5) is 5.69 Å². The highest BCUT2D eigenvalue weighted by Gasteiger charge is 2.13. The van der Waals surface area contributed by atoms with Crippen LogP contribution in [-0.2, 0) is 6.61 Å². The normalized spacial score (nSPS) is 10.7. The van der Waals surface area contributed by atoms with E-state index in [1.165, 1.54) is 0 Å². The Labute approximate surface area is 161 Å². The fourth-order valence-corrected chi connectivity index (χ4v) is 3.47. The summed E-state index contributed by atoms with van der Waals surface area (Å²) in [6.45, 7) is 2.30. The maximum Gasteiger partial charge on any atom is 0.259 e. The van der Waals surface area contributed by atoms with Crippen LogP contribution in [0.5, 0.6) is 5.75 Å². The Hall–Kier alpha value is -3.18. The van der Waals surface area contributed by atoms with E-state index >= 15 is 0 Å². The van der Waals surface area contributed by atoms with Gasteiger partial charge in [-0.1, -0.05) is 42.5 Å². The Morgan fingerprint density at radius 1 is 1.04 bits per heavy atom. The van der Waals surface area contributed by atoms with Crippen molar-refractivity contribution in [3.63, 3.8) is 0 Å². The summed E-state index contributed by atoms with van der Waals surface area (Å²) in [5.41, 5.74) is 2.11. The van der Waals surface area contributed by atoms with Crippen molar-refractivity contribution in [2.24, 2.45) is 0 Å². The second kappa shape index (κ2) is 7.60. The average Bonchev–Trinajstić information content (AvgIpc) is 3.11. The van der Waals surface area contributed by atoms with Crippen molar-refractivity contribution >= 4 is 33.7 Å². The molecule has 0 fully saturated rings. The summed E-state index contributed by atoms with van der Waals surface area (Å²) in [6, 6.07) is 21.2. The maximum atomic E-state index is 12.8. The molecule has 1 N–H and O–H groups in total. The largest absolute Gasteiger partial charge is 0.486 e. The lowest BCUT2D eigenvalue weighted by Crippen LogP contribution is -2.13. The van der Waals surface area contributed by atoms with Crippen LogP contribution in [0.2, 0.25) is 0 Å². The molecule has 0 unspecified atom stereocenters. The number of carbonyl (C=O) groups is 1. The first-order valence-corrected chi connectivity index (χ1v) is 9.50. The number of hydrogen-bond donors (Lipinski definition) is 1. The van der Waals surface area contributed by atoms with Gasteiger partial charge in [0.2, 0.25) is 0 Å². The van der Waals surface area contributed by atoms with E-state index in [2.05, 4.69) is 10.3 Å². The van der Waals surface area contributed by atoms with Gasteiger partial charge in [0.25, 0.3) is 5.91 Å². The van der Waals surface area contributed by atoms with Gasteiger partial charge >= 0.3 is 0 Å². The first kappa shape index (κ1) is 17.2. The summed E-state index contributed by atoms with van der Waals surface area (Å²) in [6.07, 6.45) is 0. The van der Waals surface area contributed by atoms with Crippen molar-refractivity contribution in [3.05, 3.63) is 88.4 Å². The molecule has 1 aromatic heterocycles. The number of aromatic nitrogens is 1. The van der Waals surface area contributed by atoms with Gasteiger partial charge in [0, 0.05) is 11.1 Å². The summed E-state index contributed by atoms with van der Waals surface area (Å²) in [7, 11) is 0. The molecule has 4 aromatic rings. The molecule has 5 heteroatoms. The van der Waals surface area contributed by atoms with Gasteiger partial charge in [-0.25, -0.2) is 4.98 Å². The number of hydrogen-bond acceptors (Lipinski definition) is 4. The topological polar surface area (TPSA) is 51.2 Å². The van der Waals surface area contributed by atoms with Crippen LogP contribution in [0.3, 0.4) is 0 Å². The van der Waals surface area contributed by atoms with E-state index in [-0.39, 0.29) is 5.91 Å². The first-order valence-electron chi connectivity index (χ1n) is 8.62. The highest BCUT2D eigenvalue weighted by molar-refractivity contribution is 7.09. The van der Waals surface area contributed by atoms with Gasteiger partial charge in [-0.2, -0.15) is 0 Å². The zero-order valence-electron chi connectivity index (χ0n) is 14.8. The summed E-state index contributed by atoms with van der Waals surface area (Å²) >= 11 is 1.58. The molecular weight excluding hydrogens is 356 g/mol. The number of fused-ring (bicyclic) bond motifs is 1. The Balaban J connectivity index is 1.52. The number of ether oxygens (including phenoxy) is 1. The second-order valence-corrected chi connectivity index (χ2v) is 7.22. The molecule has 0 aliphatic rings. The zero-order chi connectivity index (χ0) is 18.6. The Morgan fingerprint density at radius 3 is 2.63 bits per heavy atom.